The maximum absolute atomic E-state index is 11.3. The van der Waals surface area contributed by atoms with E-state index in [4.69, 9.17) is 4.74 Å². The maximum atomic E-state index is 11.3. The molecule has 0 aromatic rings. The van der Waals surface area contributed by atoms with E-state index < -0.39 is 0 Å². The molecule has 1 amide bonds. The quantitative estimate of drug-likeness (QED) is 0.694. The molecule has 1 heterocycles. The Morgan fingerprint density at radius 1 is 1.05 bits per heavy atom. The van der Waals surface area contributed by atoms with E-state index >= 15 is 0 Å². The van der Waals surface area contributed by atoms with E-state index in [0.29, 0.717) is 13.2 Å². The Morgan fingerprint density at radius 2 is 1.59 bits per heavy atom. The number of amides is 1. The second-order valence-corrected chi connectivity index (χ2v) is 6.04. The second kappa shape index (κ2) is 14.0. The minimum Gasteiger partial charge on any atom is -0.378 e. The molecule has 22 heavy (non-hydrogen) atoms. The van der Waals surface area contributed by atoms with Crippen molar-refractivity contribution in [3.63, 3.8) is 0 Å². The van der Waals surface area contributed by atoms with Crippen LogP contribution in [0.1, 0.15) is 41.0 Å². The molecule has 5 nitrogen and oxygen atoms in total. The largest absolute Gasteiger partial charge is 0.378 e. The molecule has 0 aliphatic carbocycles. The number of likely N-dealkylation sites (N-methyl/N-ethyl adjacent to an activating group) is 1. The van der Waals surface area contributed by atoms with Gasteiger partial charge in [0.1, 0.15) is 0 Å². The summed E-state index contributed by atoms with van der Waals surface area (Å²) in [6.45, 7) is 19.0. The fourth-order valence-electron chi connectivity index (χ4n) is 2.08. The highest BCUT2D eigenvalue weighted by atomic mass is 16.5. The summed E-state index contributed by atoms with van der Waals surface area (Å²) in [6, 6.07) is 0. The first kappa shape index (κ1) is 21.4. The van der Waals surface area contributed by atoms with E-state index in [1.54, 1.807) is 0 Å². The van der Waals surface area contributed by atoms with Gasteiger partial charge in [0.05, 0.1) is 13.2 Å². The van der Waals surface area contributed by atoms with Crippen LogP contribution in [0.25, 0.3) is 0 Å². The van der Waals surface area contributed by atoms with Crippen LogP contribution in [0.4, 0.5) is 0 Å². The minimum atomic E-state index is 0.0508. The van der Waals surface area contributed by atoms with E-state index in [9.17, 15) is 4.79 Å². The number of nitrogens with one attached hydrogen (secondary N) is 1. The standard InChI is InChI=1S/C14H29N3O2.C3H8/c1-4-16-6-8-17(9-7-16)10-12-19-11-5-15-14(18)13(2)3;1-3-2/h13H,4-12H2,1-3H3,(H,15,18);3H2,1-2H3. The first-order valence-electron chi connectivity index (χ1n) is 8.85. The lowest BCUT2D eigenvalue weighted by atomic mass is 10.2. The number of carbonyl (C=O) groups excluding carboxylic acids is 1. The first-order valence-corrected chi connectivity index (χ1v) is 8.85. The van der Waals surface area contributed by atoms with Crippen molar-refractivity contribution in [2.75, 3.05) is 59.0 Å². The molecular weight excluding hydrogens is 278 g/mol. The van der Waals surface area contributed by atoms with E-state index in [-0.39, 0.29) is 11.8 Å². The predicted octanol–water partition coefficient (Wildman–Crippen LogP) is 1.83. The van der Waals surface area contributed by atoms with Crippen molar-refractivity contribution in [2.45, 2.75) is 41.0 Å². The van der Waals surface area contributed by atoms with Crippen LogP contribution in [-0.2, 0) is 9.53 Å². The van der Waals surface area contributed by atoms with E-state index in [1.807, 2.05) is 13.8 Å². The Bertz CT molecular complexity index is 265. The number of rotatable bonds is 8. The van der Waals surface area contributed by atoms with Crippen LogP contribution in [0.15, 0.2) is 0 Å². The van der Waals surface area contributed by atoms with Gasteiger partial charge >= 0.3 is 0 Å². The van der Waals surface area contributed by atoms with E-state index in [0.717, 1.165) is 32.8 Å². The van der Waals surface area contributed by atoms with Gasteiger partial charge in [0, 0.05) is 45.2 Å². The summed E-state index contributed by atoms with van der Waals surface area (Å²) in [5.41, 5.74) is 0. The topological polar surface area (TPSA) is 44.8 Å². The molecule has 5 heteroatoms. The number of piperazine rings is 1. The fourth-order valence-corrected chi connectivity index (χ4v) is 2.08. The van der Waals surface area contributed by atoms with Crippen molar-refractivity contribution in [2.24, 2.45) is 5.92 Å². The van der Waals surface area contributed by atoms with Gasteiger partial charge in [-0.25, -0.2) is 0 Å². The van der Waals surface area contributed by atoms with Gasteiger partial charge in [0.2, 0.25) is 5.91 Å². The van der Waals surface area contributed by atoms with Gasteiger partial charge in [0.25, 0.3) is 0 Å². The summed E-state index contributed by atoms with van der Waals surface area (Å²) in [5, 5.41) is 2.85. The van der Waals surface area contributed by atoms with Crippen LogP contribution in [-0.4, -0.2) is 74.7 Å². The Balaban J connectivity index is 0.00000135. The van der Waals surface area contributed by atoms with Crippen molar-refractivity contribution in [3.05, 3.63) is 0 Å². The minimum absolute atomic E-state index is 0.0508. The Hall–Kier alpha value is -0.650. The number of hydrogen-bond donors (Lipinski definition) is 1. The SMILES string of the molecule is CCC.CCN1CCN(CCOCCNC(=O)C(C)C)CC1. The van der Waals surface area contributed by atoms with Crippen molar-refractivity contribution < 1.29 is 9.53 Å². The Morgan fingerprint density at radius 3 is 2.09 bits per heavy atom. The van der Waals surface area contributed by atoms with Crippen molar-refractivity contribution in [1.82, 2.24) is 15.1 Å². The van der Waals surface area contributed by atoms with Gasteiger partial charge in [-0.05, 0) is 6.54 Å². The molecule has 1 aliphatic heterocycles. The molecule has 1 aliphatic rings. The van der Waals surface area contributed by atoms with Crippen LogP contribution in [0.2, 0.25) is 0 Å². The first-order chi connectivity index (χ1) is 10.5. The van der Waals surface area contributed by atoms with Crippen molar-refractivity contribution in [1.29, 1.82) is 0 Å². The molecule has 0 unspecified atom stereocenters. The van der Waals surface area contributed by atoms with Gasteiger partial charge in [-0.2, -0.15) is 0 Å². The van der Waals surface area contributed by atoms with E-state index in [2.05, 4.69) is 35.9 Å². The van der Waals surface area contributed by atoms with Crippen LogP contribution in [0.5, 0.6) is 0 Å². The molecule has 1 N–H and O–H groups in total. The number of ether oxygens (including phenoxy) is 1. The van der Waals surface area contributed by atoms with Gasteiger partial charge in [-0.3, -0.25) is 9.69 Å². The van der Waals surface area contributed by atoms with E-state index in [1.165, 1.54) is 19.5 Å². The van der Waals surface area contributed by atoms with Gasteiger partial charge in [0.15, 0.2) is 0 Å². The molecule has 0 radical (unpaired) electrons. The second-order valence-electron chi connectivity index (χ2n) is 6.04. The molecule has 0 saturated carbocycles. The number of hydrogen-bond acceptors (Lipinski definition) is 4. The van der Waals surface area contributed by atoms with Crippen molar-refractivity contribution >= 4 is 5.91 Å². The van der Waals surface area contributed by atoms with Crippen LogP contribution >= 0.6 is 0 Å². The lowest BCUT2D eigenvalue weighted by Crippen LogP contribution is -2.47. The average molecular weight is 316 g/mol. The summed E-state index contributed by atoms with van der Waals surface area (Å²) in [7, 11) is 0. The highest BCUT2D eigenvalue weighted by Crippen LogP contribution is 2.00. The normalized spacial score (nSPS) is 16.3. The molecule has 1 saturated heterocycles. The molecular formula is C17H37N3O2. The lowest BCUT2D eigenvalue weighted by molar-refractivity contribution is -0.124. The summed E-state index contributed by atoms with van der Waals surface area (Å²) in [4.78, 5) is 16.2. The summed E-state index contributed by atoms with van der Waals surface area (Å²) in [6.07, 6.45) is 1.25. The molecule has 1 fully saturated rings. The Kier molecular flexibility index (Phi) is 13.6. The zero-order chi connectivity index (χ0) is 16.8. The highest BCUT2D eigenvalue weighted by Gasteiger charge is 2.14. The third kappa shape index (κ3) is 11.0. The van der Waals surface area contributed by atoms with Crippen molar-refractivity contribution in [3.8, 4) is 0 Å². The zero-order valence-electron chi connectivity index (χ0n) is 15.4. The average Bonchev–Trinajstić information content (AvgIpc) is 2.51. The molecule has 1 rings (SSSR count). The van der Waals surface area contributed by atoms with Crippen LogP contribution in [0, 0.1) is 5.92 Å². The van der Waals surface area contributed by atoms with Gasteiger partial charge in [-0.1, -0.05) is 41.0 Å². The molecule has 132 valence electrons. The molecule has 0 bridgehead atoms. The summed E-state index contributed by atoms with van der Waals surface area (Å²) >= 11 is 0. The summed E-state index contributed by atoms with van der Waals surface area (Å²) < 4.78 is 5.55. The summed E-state index contributed by atoms with van der Waals surface area (Å²) in [5.74, 6) is 0.147. The monoisotopic (exact) mass is 315 g/mol. The molecule has 0 atom stereocenters. The van der Waals surface area contributed by atoms with Crippen LogP contribution in [0.3, 0.4) is 0 Å². The molecule has 0 aromatic carbocycles. The molecule has 0 aromatic heterocycles. The third-order valence-corrected chi connectivity index (χ3v) is 3.53. The van der Waals surface area contributed by atoms with Gasteiger partial charge < -0.3 is 15.0 Å². The van der Waals surface area contributed by atoms with Crippen LogP contribution < -0.4 is 5.32 Å². The zero-order valence-corrected chi connectivity index (χ0v) is 15.4. The Labute approximate surface area is 137 Å². The number of nitrogens with zero attached hydrogens (tertiary/aromatic N) is 2. The molecule has 0 spiro atoms. The maximum Gasteiger partial charge on any atom is 0.222 e. The lowest BCUT2D eigenvalue weighted by Gasteiger charge is -2.33. The smallest absolute Gasteiger partial charge is 0.222 e. The predicted molar refractivity (Wildman–Crippen MR) is 93.2 cm³/mol. The third-order valence-electron chi connectivity index (χ3n) is 3.53. The van der Waals surface area contributed by atoms with Gasteiger partial charge in [-0.15, -0.1) is 0 Å². The fraction of sp³-hybridized carbons (Fsp3) is 0.941. The highest BCUT2D eigenvalue weighted by molar-refractivity contribution is 5.77. The number of carbonyl (C=O) groups is 1.